The second-order valence-corrected chi connectivity index (χ2v) is 6.78. The summed E-state index contributed by atoms with van der Waals surface area (Å²) < 4.78 is 0. The minimum atomic E-state index is -0.480. The molecule has 2 amide bonds. The molecule has 0 aromatic carbocycles. The third-order valence-electron chi connectivity index (χ3n) is 3.45. The normalized spacial score (nSPS) is 21.1. The van der Waals surface area contributed by atoms with Crippen LogP contribution in [0.1, 0.15) is 53.4 Å². The van der Waals surface area contributed by atoms with Crippen molar-refractivity contribution in [1.82, 2.24) is 16.0 Å². The first-order valence-electron chi connectivity index (χ1n) is 7.60. The predicted octanol–water partition coefficient (Wildman–Crippen LogP) is 1.19. The summed E-state index contributed by atoms with van der Waals surface area (Å²) in [5, 5.41) is 8.98. The molecule has 20 heavy (non-hydrogen) atoms. The summed E-state index contributed by atoms with van der Waals surface area (Å²) in [5.41, 5.74) is -0.274. The van der Waals surface area contributed by atoms with E-state index in [9.17, 15) is 9.59 Å². The van der Waals surface area contributed by atoms with E-state index in [0.717, 1.165) is 19.5 Å². The molecule has 0 bridgehead atoms. The van der Waals surface area contributed by atoms with E-state index in [1.54, 1.807) is 6.92 Å². The Hall–Kier alpha value is -1.10. The molecule has 5 nitrogen and oxygen atoms in total. The van der Waals surface area contributed by atoms with Gasteiger partial charge in [0, 0.05) is 12.0 Å². The van der Waals surface area contributed by atoms with Crippen molar-refractivity contribution in [3.63, 3.8) is 0 Å². The van der Waals surface area contributed by atoms with Gasteiger partial charge in [0.05, 0.1) is 0 Å². The van der Waals surface area contributed by atoms with E-state index in [0.29, 0.717) is 12.3 Å². The minimum absolute atomic E-state index is 0.0351. The van der Waals surface area contributed by atoms with Crippen LogP contribution < -0.4 is 16.0 Å². The van der Waals surface area contributed by atoms with Crippen LogP contribution in [0.15, 0.2) is 0 Å². The topological polar surface area (TPSA) is 70.2 Å². The van der Waals surface area contributed by atoms with E-state index >= 15 is 0 Å². The van der Waals surface area contributed by atoms with Gasteiger partial charge in [0.2, 0.25) is 11.8 Å². The molecule has 2 unspecified atom stereocenters. The van der Waals surface area contributed by atoms with Crippen LogP contribution in [0.3, 0.4) is 0 Å². The molecule has 0 spiro atoms. The molecule has 1 aliphatic heterocycles. The molecule has 1 aliphatic rings. The fourth-order valence-corrected chi connectivity index (χ4v) is 2.36. The van der Waals surface area contributed by atoms with E-state index in [4.69, 9.17) is 0 Å². The average Bonchev–Trinajstić information content (AvgIpc) is 2.35. The first-order chi connectivity index (χ1) is 9.28. The number of hydrogen-bond donors (Lipinski definition) is 3. The van der Waals surface area contributed by atoms with Crippen molar-refractivity contribution in [2.24, 2.45) is 5.92 Å². The van der Waals surface area contributed by atoms with E-state index < -0.39 is 6.04 Å². The fourth-order valence-electron chi connectivity index (χ4n) is 2.36. The van der Waals surface area contributed by atoms with Crippen LogP contribution in [0.4, 0.5) is 0 Å². The smallest absolute Gasteiger partial charge is 0.242 e. The van der Waals surface area contributed by atoms with E-state index in [-0.39, 0.29) is 17.4 Å². The van der Waals surface area contributed by atoms with Crippen molar-refractivity contribution in [2.45, 2.75) is 65.0 Å². The van der Waals surface area contributed by atoms with Gasteiger partial charge in [-0.2, -0.15) is 0 Å². The Balaban J connectivity index is 2.25. The first-order valence-corrected chi connectivity index (χ1v) is 7.60. The Bertz CT molecular complexity index is 331. The molecule has 1 rings (SSSR count). The van der Waals surface area contributed by atoms with E-state index in [2.05, 4.69) is 16.0 Å². The minimum Gasteiger partial charge on any atom is -0.350 e. The summed E-state index contributed by atoms with van der Waals surface area (Å²) >= 11 is 0. The molecule has 3 N–H and O–H groups in total. The van der Waals surface area contributed by atoms with Crippen LogP contribution in [0, 0.1) is 5.92 Å². The second-order valence-electron chi connectivity index (χ2n) is 6.78. The number of piperidine rings is 1. The number of nitrogens with one attached hydrogen (secondary N) is 3. The highest BCUT2D eigenvalue weighted by atomic mass is 16.2. The first kappa shape index (κ1) is 17.0. The van der Waals surface area contributed by atoms with Crippen LogP contribution in [0.5, 0.6) is 0 Å². The summed E-state index contributed by atoms with van der Waals surface area (Å²) in [7, 11) is 0. The largest absolute Gasteiger partial charge is 0.350 e. The third-order valence-corrected chi connectivity index (χ3v) is 3.45. The van der Waals surface area contributed by atoms with Gasteiger partial charge >= 0.3 is 0 Å². The van der Waals surface area contributed by atoms with Gasteiger partial charge in [-0.15, -0.1) is 0 Å². The van der Waals surface area contributed by atoms with Gasteiger partial charge in [0.15, 0.2) is 0 Å². The molecule has 0 saturated carbocycles. The second kappa shape index (κ2) is 7.62. The molecule has 0 radical (unpaired) electrons. The van der Waals surface area contributed by atoms with Gasteiger partial charge in [-0.25, -0.2) is 0 Å². The maximum Gasteiger partial charge on any atom is 0.242 e. The van der Waals surface area contributed by atoms with Crippen LogP contribution in [-0.4, -0.2) is 36.5 Å². The quantitative estimate of drug-likeness (QED) is 0.710. The molecule has 1 heterocycles. The molecule has 5 heteroatoms. The van der Waals surface area contributed by atoms with Crippen LogP contribution in [-0.2, 0) is 9.59 Å². The van der Waals surface area contributed by atoms with Crippen molar-refractivity contribution in [2.75, 3.05) is 13.1 Å². The summed E-state index contributed by atoms with van der Waals surface area (Å²) in [6.45, 7) is 9.60. The Kier molecular flexibility index (Phi) is 6.46. The lowest BCUT2D eigenvalue weighted by Crippen LogP contribution is -2.50. The average molecular weight is 283 g/mol. The van der Waals surface area contributed by atoms with E-state index in [1.807, 2.05) is 20.8 Å². The van der Waals surface area contributed by atoms with E-state index in [1.165, 1.54) is 12.8 Å². The van der Waals surface area contributed by atoms with Gasteiger partial charge in [-0.3, -0.25) is 9.59 Å². The van der Waals surface area contributed by atoms with Crippen molar-refractivity contribution in [3.8, 4) is 0 Å². The number of amides is 2. The van der Waals surface area contributed by atoms with Gasteiger partial charge in [0.1, 0.15) is 6.04 Å². The summed E-state index contributed by atoms with van der Waals surface area (Å²) in [4.78, 5) is 23.7. The SMILES string of the molecule is CC(NC(=O)CCC1CCCNC1)C(=O)NC(C)(C)C. The third kappa shape index (κ3) is 6.89. The number of hydrogen-bond acceptors (Lipinski definition) is 3. The van der Waals surface area contributed by atoms with Gasteiger partial charge < -0.3 is 16.0 Å². The Morgan fingerprint density at radius 2 is 2.05 bits per heavy atom. The number of carbonyl (C=O) groups is 2. The van der Waals surface area contributed by atoms with Crippen LogP contribution in [0.2, 0.25) is 0 Å². The maximum atomic E-state index is 11.9. The molecule has 1 saturated heterocycles. The molecule has 116 valence electrons. The maximum absolute atomic E-state index is 11.9. The summed E-state index contributed by atoms with van der Waals surface area (Å²) in [6, 6.07) is -0.480. The zero-order chi connectivity index (χ0) is 15.2. The molecular formula is C15H29N3O2. The monoisotopic (exact) mass is 283 g/mol. The molecule has 1 fully saturated rings. The zero-order valence-corrected chi connectivity index (χ0v) is 13.2. The molecule has 0 aromatic rings. The lowest BCUT2D eigenvalue weighted by Gasteiger charge is -2.24. The van der Waals surface area contributed by atoms with Crippen molar-refractivity contribution in [3.05, 3.63) is 0 Å². The molecule has 2 atom stereocenters. The highest BCUT2D eigenvalue weighted by Gasteiger charge is 2.21. The Morgan fingerprint density at radius 3 is 2.60 bits per heavy atom. The highest BCUT2D eigenvalue weighted by molar-refractivity contribution is 5.87. The van der Waals surface area contributed by atoms with Crippen LogP contribution >= 0.6 is 0 Å². The molecule has 0 aliphatic carbocycles. The number of carbonyl (C=O) groups excluding carboxylic acids is 2. The standard InChI is InChI=1S/C15H29N3O2/c1-11(14(20)18-15(2,3)4)17-13(19)8-7-12-6-5-9-16-10-12/h11-12,16H,5-10H2,1-4H3,(H,17,19)(H,18,20). The molecule has 0 aromatic heterocycles. The lowest BCUT2D eigenvalue weighted by molar-refractivity contribution is -0.129. The summed E-state index contributed by atoms with van der Waals surface area (Å²) in [5.74, 6) is 0.422. The molecular weight excluding hydrogens is 254 g/mol. The Labute approximate surface area is 122 Å². The zero-order valence-electron chi connectivity index (χ0n) is 13.2. The van der Waals surface area contributed by atoms with Gasteiger partial charge in [-0.1, -0.05) is 0 Å². The number of rotatable bonds is 5. The fraction of sp³-hybridized carbons (Fsp3) is 0.867. The lowest BCUT2D eigenvalue weighted by atomic mass is 9.94. The van der Waals surface area contributed by atoms with Gasteiger partial charge in [-0.05, 0) is 66.0 Å². The Morgan fingerprint density at radius 1 is 1.35 bits per heavy atom. The highest BCUT2D eigenvalue weighted by Crippen LogP contribution is 2.15. The van der Waals surface area contributed by atoms with Crippen molar-refractivity contribution >= 4 is 11.8 Å². The van der Waals surface area contributed by atoms with Crippen molar-refractivity contribution < 1.29 is 9.59 Å². The predicted molar refractivity (Wildman–Crippen MR) is 80.3 cm³/mol. The van der Waals surface area contributed by atoms with Crippen molar-refractivity contribution in [1.29, 1.82) is 0 Å². The summed E-state index contributed by atoms with van der Waals surface area (Å²) in [6.07, 6.45) is 3.78. The van der Waals surface area contributed by atoms with Gasteiger partial charge in [0.25, 0.3) is 0 Å². The van der Waals surface area contributed by atoms with Crippen LogP contribution in [0.25, 0.3) is 0 Å².